The summed E-state index contributed by atoms with van der Waals surface area (Å²) in [6.45, 7) is 0. The summed E-state index contributed by atoms with van der Waals surface area (Å²) in [5.41, 5.74) is 6.82. The molecule has 1 heterocycles. The molecular formula is C10H10N2O2S. The molecule has 5 heteroatoms. The van der Waals surface area contributed by atoms with Crippen molar-refractivity contribution in [1.82, 2.24) is 4.98 Å². The molecule has 1 aromatic carbocycles. The Balaban J connectivity index is 2.51. The largest absolute Gasteiger partial charge is 0.507 e. The van der Waals surface area contributed by atoms with E-state index >= 15 is 0 Å². The fraction of sp³-hybridized carbons (Fsp3) is 0.100. The Bertz CT molecular complexity index is 482. The normalized spacial score (nSPS) is 10.2. The van der Waals surface area contributed by atoms with Gasteiger partial charge in [-0.15, -0.1) is 11.3 Å². The first-order valence-corrected chi connectivity index (χ1v) is 5.17. The number of rotatable bonds is 2. The first kappa shape index (κ1) is 9.79. The van der Waals surface area contributed by atoms with Crippen LogP contribution in [0.25, 0.3) is 11.3 Å². The van der Waals surface area contributed by atoms with Crippen LogP contribution in [0, 0.1) is 0 Å². The molecule has 78 valence electrons. The minimum atomic E-state index is 0.168. The van der Waals surface area contributed by atoms with E-state index in [0.29, 0.717) is 22.1 Å². The Morgan fingerprint density at radius 1 is 1.47 bits per heavy atom. The van der Waals surface area contributed by atoms with Gasteiger partial charge in [0.05, 0.1) is 12.8 Å². The van der Waals surface area contributed by atoms with Crippen LogP contribution in [-0.4, -0.2) is 17.2 Å². The molecule has 0 atom stereocenters. The van der Waals surface area contributed by atoms with Crippen molar-refractivity contribution in [2.75, 3.05) is 12.8 Å². The number of benzene rings is 1. The zero-order chi connectivity index (χ0) is 10.8. The van der Waals surface area contributed by atoms with Gasteiger partial charge in [0, 0.05) is 10.9 Å². The molecule has 0 amide bonds. The van der Waals surface area contributed by atoms with E-state index in [1.807, 2.05) is 0 Å². The fourth-order valence-corrected chi connectivity index (χ4v) is 1.82. The van der Waals surface area contributed by atoms with E-state index in [4.69, 9.17) is 10.5 Å². The molecule has 0 bridgehead atoms. The highest BCUT2D eigenvalue weighted by Gasteiger charge is 2.08. The number of methoxy groups -OCH3 is 1. The van der Waals surface area contributed by atoms with Crippen LogP contribution in [0.15, 0.2) is 23.6 Å². The van der Waals surface area contributed by atoms with Crippen molar-refractivity contribution >= 4 is 16.5 Å². The van der Waals surface area contributed by atoms with Gasteiger partial charge in [-0.3, -0.25) is 0 Å². The number of aromatic hydroxyl groups is 1. The number of anilines is 1. The molecule has 15 heavy (non-hydrogen) atoms. The number of ether oxygens (including phenoxy) is 1. The summed E-state index contributed by atoms with van der Waals surface area (Å²) >= 11 is 1.34. The van der Waals surface area contributed by atoms with Crippen LogP contribution >= 0.6 is 11.3 Å². The second-order valence-electron chi connectivity index (χ2n) is 2.95. The van der Waals surface area contributed by atoms with Gasteiger partial charge in [0.25, 0.3) is 0 Å². The van der Waals surface area contributed by atoms with E-state index < -0.39 is 0 Å². The average Bonchev–Trinajstić information content (AvgIpc) is 2.65. The van der Waals surface area contributed by atoms with E-state index in [9.17, 15) is 5.11 Å². The number of aromatic nitrogens is 1. The van der Waals surface area contributed by atoms with Gasteiger partial charge in [0.2, 0.25) is 0 Å². The van der Waals surface area contributed by atoms with Gasteiger partial charge in [-0.1, -0.05) is 0 Å². The molecule has 0 unspecified atom stereocenters. The third-order valence-corrected chi connectivity index (χ3v) is 2.68. The monoisotopic (exact) mass is 222 g/mol. The van der Waals surface area contributed by atoms with E-state index in [0.717, 1.165) is 0 Å². The maximum atomic E-state index is 9.66. The van der Waals surface area contributed by atoms with Crippen LogP contribution < -0.4 is 10.5 Å². The summed E-state index contributed by atoms with van der Waals surface area (Å²) in [6, 6.07) is 4.99. The van der Waals surface area contributed by atoms with E-state index in [1.54, 1.807) is 30.7 Å². The Labute approximate surface area is 91.0 Å². The summed E-state index contributed by atoms with van der Waals surface area (Å²) in [5.74, 6) is 0.843. The molecule has 3 N–H and O–H groups in total. The average molecular weight is 222 g/mol. The molecule has 2 aromatic rings. The second-order valence-corrected chi connectivity index (χ2v) is 3.84. The van der Waals surface area contributed by atoms with Gasteiger partial charge < -0.3 is 15.6 Å². The maximum absolute atomic E-state index is 9.66. The lowest BCUT2D eigenvalue weighted by Crippen LogP contribution is -1.86. The van der Waals surface area contributed by atoms with Crippen molar-refractivity contribution < 1.29 is 9.84 Å². The lowest BCUT2D eigenvalue weighted by Gasteiger charge is -2.04. The van der Waals surface area contributed by atoms with Gasteiger partial charge >= 0.3 is 0 Å². The van der Waals surface area contributed by atoms with Gasteiger partial charge in [-0.2, -0.15) is 0 Å². The topological polar surface area (TPSA) is 68.4 Å². The highest BCUT2D eigenvalue weighted by Crippen LogP contribution is 2.33. The predicted molar refractivity (Wildman–Crippen MR) is 60.2 cm³/mol. The van der Waals surface area contributed by atoms with Crippen molar-refractivity contribution in [3.8, 4) is 22.8 Å². The summed E-state index contributed by atoms with van der Waals surface area (Å²) < 4.78 is 5.07. The van der Waals surface area contributed by atoms with E-state index in [1.165, 1.54) is 11.3 Å². The van der Waals surface area contributed by atoms with Crippen LogP contribution in [0.1, 0.15) is 0 Å². The van der Waals surface area contributed by atoms with Gasteiger partial charge in [-0.05, 0) is 18.2 Å². The lowest BCUT2D eigenvalue weighted by atomic mass is 10.1. The third-order valence-electron chi connectivity index (χ3n) is 2.00. The number of phenols is 1. The van der Waals surface area contributed by atoms with Crippen molar-refractivity contribution in [3.63, 3.8) is 0 Å². The van der Waals surface area contributed by atoms with Crippen LogP contribution in [0.5, 0.6) is 11.5 Å². The van der Waals surface area contributed by atoms with Crippen molar-refractivity contribution in [3.05, 3.63) is 23.6 Å². The number of nitrogen functional groups attached to an aromatic ring is 1. The zero-order valence-corrected chi connectivity index (χ0v) is 8.91. The van der Waals surface area contributed by atoms with Crippen molar-refractivity contribution in [2.24, 2.45) is 0 Å². The van der Waals surface area contributed by atoms with Crippen LogP contribution in [0.2, 0.25) is 0 Å². The number of nitrogens with zero attached hydrogens (tertiary/aromatic N) is 1. The predicted octanol–water partition coefficient (Wildman–Crippen LogP) is 2.11. The number of hydrogen-bond donors (Lipinski definition) is 2. The van der Waals surface area contributed by atoms with Crippen molar-refractivity contribution in [1.29, 1.82) is 0 Å². The molecular weight excluding hydrogens is 212 g/mol. The Morgan fingerprint density at radius 3 is 2.87 bits per heavy atom. The molecule has 4 nitrogen and oxygen atoms in total. The molecule has 2 rings (SSSR count). The SMILES string of the molecule is COc1ccc(O)c(-c2csc(N)n2)c1. The molecule has 0 aliphatic carbocycles. The summed E-state index contributed by atoms with van der Waals surface area (Å²) in [5, 5.41) is 11.9. The summed E-state index contributed by atoms with van der Waals surface area (Å²) in [4.78, 5) is 4.10. The van der Waals surface area contributed by atoms with Gasteiger partial charge in [-0.25, -0.2) is 4.98 Å². The highest BCUT2D eigenvalue weighted by molar-refractivity contribution is 7.13. The van der Waals surface area contributed by atoms with Gasteiger partial charge in [0.15, 0.2) is 5.13 Å². The smallest absolute Gasteiger partial charge is 0.180 e. The van der Waals surface area contributed by atoms with Crippen LogP contribution in [0.3, 0.4) is 0 Å². The molecule has 0 radical (unpaired) electrons. The summed E-state index contributed by atoms with van der Waals surface area (Å²) in [6.07, 6.45) is 0. The number of nitrogens with two attached hydrogens (primary N) is 1. The lowest BCUT2D eigenvalue weighted by molar-refractivity contribution is 0.412. The standard InChI is InChI=1S/C10H10N2O2S/c1-14-6-2-3-9(13)7(4-6)8-5-15-10(11)12-8/h2-5,13H,1H3,(H2,11,12). The van der Waals surface area contributed by atoms with Crippen molar-refractivity contribution in [2.45, 2.75) is 0 Å². The number of phenolic OH excluding ortho intramolecular Hbond substituents is 1. The maximum Gasteiger partial charge on any atom is 0.180 e. The minimum absolute atomic E-state index is 0.168. The Morgan fingerprint density at radius 2 is 2.27 bits per heavy atom. The number of thiazole rings is 1. The summed E-state index contributed by atoms with van der Waals surface area (Å²) in [7, 11) is 1.57. The second kappa shape index (κ2) is 3.78. The quantitative estimate of drug-likeness (QED) is 0.816. The van der Waals surface area contributed by atoms with E-state index in [-0.39, 0.29) is 5.75 Å². The first-order valence-electron chi connectivity index (χ1n) is 4.29. The third kappa shape index (κ3) is 1.87. The molecule has 0 aliphatic rings. The zero-order valence-electron chi connectivity index (χ0n) is 8.10. The molecule has 0 saturated heterocycles. The van der Waals surface area contributed by atoms with Crippen LogP contribution in [-0.2, 0) is 0 Å². The molecule has 0 spiro atoms. The molecule has 0 aliphatic heterocycles. The molecule has 0 fully saturated rings. The fourth-order valence-electron chi connectivity index (χ4n) is 1.26. The first-order chi connectivity index (χ1) is 7.20. The Kier molecular flexibility index (Phi) is 2.47. The molecule has 1 aromatic heterocycles. The number of hydrogen-bond acceptors (Lipinski definition) is 5. The Hall–Kier alpha value is -1.75. The van der Waals surface area contributed by atoms with Gasteiger partial charge in [0.1, 0.15) is 11.5 Å². The minimum Gasteiger partial charge on any atom is -0.507 e. The van der Waals surface area contributed by atoms with Crippen LogP contribution in [0.4, 0.5) is 5.13 Å². The highest BCUT2D eigenvalue weighted by atomic mass is 32.1. The van der Waals surface area contributed by atoms with E-state index in [2.05, 4.69) is 4.98 Å². The molecule has 0 saturated carbocycles.